The average molecular weight is 533 g/mol. The minimum absolute atomic E-state index is 0.177. The Balaban J connectivity index is 1.42. The molecule has 0 unspecified atom stereocenters. The molecule has 0 aromatic carbocycles. The van der Waals surface area contributed by atoms with Gasteiger partial charge >= 0.3 is 6.09 Å². The summed E-state index contributed by atoms with van der Waals surface area (Å²) in [6.45, 7) is 9.55. The van der Waals surface area contributed by atoms with Crippen LogP contribution < -0.4 is 15.5 Å². The van der Waals surface area contributed by atoms with Crippen molar-refractivity contribution in [1.82, 2.24) is 15.2 Å². The Hall–Kier alpha value is -2.67. The van der Waals surface area contributed by atoms with E-state index in [0.717, 1.165) is 69.1 Å². The van der Waals surface area contributed by atoms with Gasteiger partial charge in [0.15, 0.2) is 4.34 Å². The average Bonchev–Trinajstić information content (AvgIpc) is 3.54. The van der Waals surface area contributed by atoms with Gasteiger partial charge in [-0.25, -0.2) is 9.78 Å². The molecule has 4 heterocycles. The van der Waals surface area contributed by atoms with E-state index in [2.05, 4.69) is 51.4 Å². The quantitative estimate of drug-likeness (QED) is 0.260. The predicted octanol–water partition coefficient (Wildman–Crippen LogP) is 5.03. The van der Waals surface area contributed by atoms with Crippen LogP contribution in [0.3, 0.4) is 0 Å². The number of anilines is 3. The molecule has 4 rings (SSSR count). The largest absolute Gasteiger partial charge is 0.445 e. The molecule has 0 spiro atoms. The number of thiophene rings is 1. The van der Waals surface area contributed by atoms with Crippen molar-refractivity contribution in [3.05, 3.63) is 52.5 Å². The number of aryl methyl sites for hydroxylation is 1. The fourth-order valence-electron chi connectivity index (χ4n) is 3.30. The molecule has 1 aliphatic heterocycles. The molecule has 1 saturated heterocycles. The van der Waals surface area contributed by atoms with Gasteiger partial charge in [0.25, 0.3) is 0 Å². The summed E-state index contributed by atoms with van der Waals surface area (Å²) in [5.74, 6) is 1.52. The van der Waals surface area contributed by atoms with Crippen molar-refractivity contribution in [2.24, 2.45) is 0 Å². The Bertz CT molecular complexity index is 1130. The Morgan fingerprint density at radius 3 is 2.91 bits per heavy atom. The fraction of sp³-hybridized carbons (Fsp3) is 0.391. The van der Waals surface area contributed by atoms with E-state index in [4.69, 9.17) is 14.5 Å². The van der Waals surface area contributed by atoms with E-state index in [0.29, 0.717) is 12.3 Å². The number of amides is 1. The third-order valence-electron chi connectivity index (χ3n) is 5.00. The number of hydrogen-bond donors (Lipinski definition) is 2. The highest BCUT2D eigenvalue weighted by atomic mass is 32.2. The van der Waals surface area contributed by atoms with Gasteiger partial charge in [0.05, 0.1) is 30.5 Å². The summed E-state index contributed by atoms with van der Waals surface area (Å²) in [6.07, 6.45) is 1.94. The van der Waals surface area contributed by atoms with E-state index in [9.17, 15) is 4.79 Å². The summed E-state index contributed by atoms with van der Waals surface area (Å²) in [7, 11) is 0. The number of nitrogens with zero attached hydrogens (tertiary/aromatic N) is 4. The van der Waals surface area contributed by atoms with Gasteiger partial charge in [-0.2, -0.15) is 0 Å². The number of pyridine rings is 1. The number of rotatable bonds is 11. The summed E-state index contributed by atoms with van der Waals surface area (Å²) >= 11 is 4.78. The maximum Gasteiger partial charge on any atom is 0.412 e. The highest BCUT2D eigenvalue weighted by molar-refractivity contribution is 8.00. The predicted molar refractivity (Wildman–Crippen MR) is 143 cm³/mol. The zero-order valence-corrected chi connectivity index (χ0v) is 21.9. The van der Waals surface area contributed by atoms with Crippen molar-refractivity contribution in [3.8, 4) is 0 Å². The van der Waals surface area contributed by atoms with Crippen LogP contribution in [0.2, 0.25) is 0 Å². The first-order chi connectivity index (χ1) is 17.1. The number of aromatic nitrogens is 3. The maximum absolute atomic E-state index is 11.7. The van der Waals surface area contributed by atoms with Crippen LogP contribution in [0.1, 0.15) is 22.5 Å². The molecule has 1 fully saturated rings. The van der Waals surface area contributed by atoms with Crippen molar-refractivity contribution < 1.29 is 14.3 Å². The highest BCUT2D eigenvalue weighted by Gasteiger charge is 2.15. The Morgan fingerprint density at radius 2 is 2.14 bits per heavy atom. The topological polar surface area (TPSA) is 102 Å². The zero-order valence-electron chi connectivity index (χ0n) is 19.5. The minimum atomic E-state index is -0.491. The van der Waals surface area contributed by atoms with Crippen molar-refractivity contribution >= 4 is 57.0 Å². The molecule has 0 atom stereocenters. The zero-order chi connectivity index (χ0) is 24.5. The Morgan fingerprint density at radius 1 is 1.29 bits per heavy atom. The Labute approximate surface area is 217 Å². The van der Waals surface area contributed by atoms with E-state index < -0.39 is 6.09 Å². The fourth-order valence-corrected chi connectivity index (χ4v) is 5.87. The van der Waals surface area contributed by atoms with Gasteiger partial charge in [-0.05, 0) is 24.6 Å². The molecule has 35 heavy (non-hydrogen) atoms. The van der Waals surface area contributed by atoms with Gasteiger partial charge in [-0.3, -0.25) is 5.32 Å². The number of nitrogens with one attached hydrogen (secondary N) is 2. The van der Waals surface area contributed by atoms with E-state index >= 15 is 0 Å². The van der Waals surface area contributed by atoms with E-state index in [1.165, 1.54) is 17.4 Å². The molecular formula is C23H28N6O3S3. The highest BCUT2D eigenvalue weighted by Crippen LogP contribution is 2.29. The summed E-state index contributed by atoms with van der Waals surface area (Å²) in [5.41, 5.74) is 2.11. The van der Waals surface area contributed by atoms with Crippen LogP contribution in [0.4, 0.5) is 21.3 Å². The molecule has 3 aromatic rings. The molecule has 1 amide bonds. The monoisotopic (exact) mass is 532 g/mol. The standard InChI is InChI=1S/C23H28N6O3S3/c1-3-9-32-22(30)26-21-6-5-18(34-21)14-24-19-13-17(29-7-10-31-11-8-29)12-16(25-19)15-33-23-28-27-20(4-2)35-23/h3,5-6,12-13H,1,4,7-11,14-15H2,2H3,(H,24,25)(H,26,30). The van der Waals surface area contributed by atoms with Crippen molar-refractivity contribution in [2.45, 2.75) is 30.0 Å². The van der Waals surface area contributed by atoms with Gasteiger partial charge in [-0.15, -0.1) is 21.5 Å². The molecule has 0 aliphatic carbocycles. The maximum atomic E-state index is 11.7. The lowest BCUT2D eigenvalue weighted by Gasteiger charge is -2.29. The number of hydrogen-bond acceptors (Lipinski definition) is 11. The van der Waals surface area contributed by atoms with Crippen LogP contribution in [-0.2, 0) is 28.2 Å². The van der Waals surface area contributed by atoms with Crippen LogP contribution in [0, 0.1) is 0 Å². The first-order valence-corrected chi connectivity index (χ1v) is 13.9. The number of ether oxygens (including phenoxy) is 2. The van der Waals surface area contributed by atoms with Gasteiger partial charge in [0, 0.05) is 35.5 Å². The first kappa shape index (κ1) is 25.4. The third-order valence-corrected chi connectivity index (χ3v) is 8.23. The summed E-state index contributed by atoms with van der Waals surface area (Å²) in [5, 5.41) is 16.4. The van der Waals surface area contributed by atoms with Crippen LogP contribution in [0.15, 0.2) is 41.3 Å². The summed E-state index contributed by atoms with van der Waals surface area (Å²) in [6, 6.07) is 8.07. The lowest BCUT2D eigenvalue weighted by atomic mass is 10.2. The third kappa shape index (κ3) is 7.66. The summed E-state index contributed by atoms with van der Waals surface area (Å²) in [4.78, 5) is 20.0. The summed E-state index contributed by atoms with van der Waals surface area (Å²) < 4.78 is 11.5. The molecule has 0 radical (unpaired) electrons. The van der Waals surface area contributed by atoms with Crippen molar-refractivity contribution in [3.63, 3.8) is 0 Å². The van der Waals surface area contributed by atoms with Crippen LogP contribution in [-0.4, -0.2) is 54.2 Å². The van der Waals surface area contributed by atoms with Crippen molar-refractivity contribution in [2.75, 3.05) is 48.4 Å². The molecule has 3 aromatic heterocycles. The molecule has 2 N–H and O–H groups in total. The van der Waals surface area contributed by atoms with Crippen molar-refractivity contribution in [1.29, 1.82) is 0 Å². The molecular weight excluding hydrogens is 504 g/mol. The van der Waals surface area contributed by atoms with Crippen LogP contribution >= 0.6 is 34.4 Å². The Kier molecular flexibility index (Phi) is 9.35. The molecule has 0 saturated carbocycles. The minimum Gasteiger partial charge on any atom is -0.445 e. The van der Waals surface area contributed by atoms with Crippen LogP contribution in [0.25, 0.3) is 0 Å². The van der Waals surface area contributed by atoms with Gasteiger partial charge in [-0.1, -0.05) is 42.7 Å². The lowest BCUT2D eigenvalue weighted by Crippen LogP contribution is -2.36. The molecule has 0 bridgehead atoms. The number of carbonyl (C=O) groups is 1. The molecule has 12 heteroatoms. The molecule has 1 aliphatic rings. The number of thioether (sulfide) groups is 1. The number of carbonyl (C=O) groups excluding carboxylic acids is 1. The van der Waals surface area contributed by atoms with Gasteiger partial charge in [0.2, 0.25) is 0 Å². The first-order valence-electron chi connectivity index (χ1n) is 11.3. The second kappa shape index (κ2) is 12.9. The van der Waals surface area contributed by atoms with E-state index in [1.54, 1.807) is 23.1 Å². The normalized spacial score (nSPS) is 13.5. The van der Waals surface area contributed by atoms with E-state index in [-0.39, 0.29) is 6.61 Å². The second-order valence-corrected chi connectivity index (χ2v) is 11.0. The lowest BCUT2D eigenvalue weighted by molar-refractivity contribution is 0.122. The van der Waals surface area contributed by atoms with Gasteiger partial charge < -0.3 is 19.7 Å². The number of morpholine rings is 1. The molecule has 186 valence electrons. The SMILES string of the molecule is C=CCOC(=O)Nc1ccc(CNc2cc(N3CCOCC3)cc(CSc3nnc(CC)s3)n2)s1. The van der Waals surface area contributed by atoms with Gasteiger partial charge in [0.1, 0.15) is 17.4 Å². The van der Waals surface area contributed by atoms with E-state index in [1.807, 2.05) is 12.1 Å². The smallest absolute Gasteiger partial charge is 0.412 e. The van der Waals surface area contributed by atoms with Crippen LogP contribution in [0.5, 0.6) is 0 Å². The molecule has 9 nitrogen and oxygen atoms in total. The second-order valence-electron chi connectivity index (χ2n) is 7.54.